The number of anilines is 1. The molecule has 0 aliphatic rings. The molecule has 2 heterocycles. The lowest BCUT2D eigenvalue weighted by molar-refractivity contribution is 0.100. The Bertz CT molecular complexity index is 1460. The second-order valence-electron chi connectivity index (χ2n) is 10.4. The highest BCUT2D eigenvalue weighted by Crippen LogP contribution is 2.39. The second-order valence-corrected chi connectivity index (χ2v) is 10.4. The molecule has 2 aromatic heterocycles. The van der Waals surface area contributed by atoms with Crippen molar-refractivity contribution in [2.75, 3.05) is 5.32 Å². The van der Waals surface area contributed by atoms with Gasteiger partial charge in [0.25, 0.3) is 0 Å². The molecule has 0 saturated carbocycles. The van der Waals surface area contributed by atoms with E-state index < -0.39 is 5.54 Å². The molecule has 36 heavy (non-hydrogen) atoms. The lowest BCUT2D eigenvalue weighted by Crippen LogP contribution is -2.27. The number of carbonyl (C=O) groups is 2. The third-order valence-electron chi connectivity index (χ3n) is 6.07. The number of rotatable bonds is 6. The fourth-order valence-corrected chi connectivity index (χ4v) is 4.23. The summed E-state index contributed by atoms with van der Waals surface area (Å²) in [5.41, 5.74) is 5.46. The summed E-state index contributed by atoms with van der Waals surface area (Å²) in [6.07, 6.45) is 3.29. The van der Waals surface area contributed by atoms with Crippen LogP contribution in [0.15, 0.2) is 65.3 Å². The molecule has 1 N–H and O–H groups in total. The van der Waals surface area contributed by atoms with Crippen LogP contribution in [0.4, 0.5) is 5.88 Å². The highest BCUT2D eigenvalue weighted by atomic mass is 16.4. The fourth-order valence-electron chi connectivity index (χ4n) is 4.23. The van der Waals surface area contributed by atoms with Gasteiger partial charge in [-0.25, -0.2) is 0 Å². The Morgan fingerprint density at radius 2 is 1.25 bits per heavy atom. The van der Waals surface area contributed by atoms with E-state index in [-0.39, 0.29) is 28.6 Å². The second kappa shape index (κ2) is 9.57. The predicted octanol–water partition coefficient (Wildman–Crippen LogP) is 7.25. The van der Waals surface area contributed by atoms with Crippen molar-refractivity contribution in [1.29, 1.82) is 0 Å². The van der Waals surface area contributed by atoms with Crippen molar-refractivity contribution in [3.8, 4) is 11.3 Å². The van der Waals surface area contributed by atoms with Crippen LogP contribution in [0.1, 0.15) is 74.9 Å². The van der Waals surface area contributed by atoms with Crippen molar-refractivity contribution in [3.05, 3.63) is 105 Å². The van der Waals surface area contributed by atoms with Crippen LogP contribution in [-0.4, -0.2) is 22.1 Å². The predicted molar refractivity (Wildman–Crippen MR) is 144 cm³/mol. The van der Waals surface area contributed by atoms with Crippen LogP contribution in [0, 0.1) is 27.7 Å². The lowest BCUT2D eigenvalue weighted by Gasteiger charge is -2.21. The van der Waals surface area contributed by atoms with Gasteiger partial charge in [-0.2, -0.15) is 0 Å². The molecule has 4 aromatic rings. The maximum atomic E-state index is 14.2. The Morgan fingerprint density at radius 1 is 0.750 bits per heavy atom. The highest BCUT2D eigenvalue weighted by Gasteiger charge is 2.34. The smallest absolute Gasteiger partial charge is 0.206 e. The number of hydrogen-bond donors (Lipinski definition) is 1. The molecule has 0 unspecified atom stereocenters. The van der Waals surface area contributed by atoms with Crippen LogP contribution in [0.5, 0.6) is 0 Å². The summed E-state index contributed by atoms with van der Waals surface area (Å²) in [7, 11) is 0. The zero-order chi connectivity index (χ0) is 26.2. The Hall–Kier alpha value is -3.99. The van der Waals surface area contributed by atoms with Crippen LogP contribution in [0.3, 0.4) is 0 Å². The number of nitrogens with zero attached hydrogens (tertiary/aromatic N) is 1. The fraction of sp³-hybridized carbons (Fsp3) is 0.258. The lowest BCUT2D eigenvalue weighted by atomic mass is 9.89. The number of hydrogen-bond acceptors (Lipinski definition) is 5. The minimum absolute atomic E-state index is 0.247. The van der Waals surface area contributed by atoms with Gasteiger partial charge in [0.05, 0.1) is 11.1 Å². The third kappa shape index (κ3) is 5.01. The first-order valence-electron chi connectivity index (χ1n) is 12.1. The number of furan rings is 1. The number of ketones is 2. The summed E-state index contributed by atoms with van der Waals surface area (Å²) >= 11 is 0. The van der Waals surface area contributed by atoms with E-state index in [0.717, 1.165) is 22.3 Å². The largest absolute Gasteiger partial charge is 0.439 e. The van der Waals surface area contributed by atoms with E-state index in [4.69, 9.17) is 4.42 Å². The Kier molecular flexibility index (Phi) is 6.68. The van der Waals surface area contributed by atoms with E-state index in [9.17, 15) is 9.59 Å². The van der Waals surface area contributed by atoms with Gasteiger partial charge in [-0.15, -0.1) is 0 Å². The van der Waals surface area contributed by atoms with Crippen LogP contribution in [-0.2, 0) is 0 Å². The van der Waals surface area contributed by atoms with Gasteiger partial charge >= 0.3 is 0 Å². The molecule has 2 aromatic carbocycles. The molecule has 0 atom stereocenters. The molecule has 184 valence electrons. The van der Waals surface area contributed by atoms with E-state index in [1.54, 1.807) is 24.5 Å². The molecule has 0 saturated heterocycles. The van der Waals surface area contributed by atoms with Gasteiger partial charge in [0.2, 0.25) is 5.88 Å². The van der Waals surface area contributed by atoms with Gasteiger partial charge in [0.15, 0.2) is 11.6 Å². The summed E-state index contributed by atoms with van der Waals surface area (Å²) in [6, 6.07) is 15.1. The molecule has 0 aliphatic heterocycles. The molecule has 0 spiro atoms. The maximum Gasteiger partial charge on any atom is 0.206 e. The van der Waals surface area contributed by atoms with Crippen molar-refractivity contribution in [3.63, 3.8) is 0 Å². The van der Waals surface area contributed by atoms with Crippen molar-refractivity contribution in [2.45, 2.75) is 54.0 Å². The number of aryl methyl sites for hydroxylation is 4. The first kappa shape index (κ1) is 25.1. The van der Waals surface area contributed by atoms with E-state index in [0.29, 0.717) is 22.5 Å². The van der Waals surface area contributed by atoms with Crippen molar-refractivity contribution in [1.82, 2.24) is 4.98 Å². The number of nitrogens with one attached hydrogen (secondary N) is 1. The summed E-state index contributed by atoms with van der Waals surface area (Å²) in [4.78, 5) is 32.6. The number of benzene rings is 2. The quantitative estimate of drug-likeness (QED) is 0.294. The van der Waals surface area contributed by atoms with Gasteiger partial charge in [0.1, 0.15) is 5.76 Å². The normalized spacial score (nSPS) is 11.4. The van der Waals surface area contributed by atoms with E-state index in [2.05, 4.69) is 10.3 Å². The summed E-state index contributed by atoms with van der Waals surface area (Å²) in [5.74, 6) is 0.139. The zero-order valence-corrected chi connectivity index (χ0v) is 21.9. The van der Waals surface area contributed by atoms with Crippen LogP contribution < -0.4 is 5.32 Å². The number of pyridine rings is 1. The first-order chi connectivity index (χ1) is 17.0. The average molecular weight is 481 g/mol. The van der Waals surface area contributed by atoms with Gasteiger partial charge in [-0.05, 0) is 83.9 Å². The van der Waals surface area contributed by atoms with Gasteiger partial charge < -0.3 is 9.73 Å². The minimum atomic E-state index is -0.413. The third-order valence-corrected chi connectivity index (χ3v) is 6.07. The van der Waals surface area contributed by atoms with Crippen LogP contribution >= 0.6 is 0 Å². The van der Waals surface area contributed by atoms with Crippen LogP contribution in [0.25, 0.3) is 11.3 Å². The molecular weight excluding hydrogens is 448 g/mol. The van der Waals surface area contributed by atoms with Gasteiger partial charge in [-0.1, -0.05) is 35.4 Å². The molecule has 0 amide bonds. The van der Waals surface area contributed by atoms with Gasteiger partial charge in [-0.3, -0.25) is 14.6 Å². The van der Waals surface area contributed by atoms with Gasteiger partial charge in [0, 0.05) is 34.6 Å². The SMILES string of the molecule is Cc1ccc(C)c(C(=O)c2c(NC(C)(C)C)oc(-c3ccncc3)c2C(=O)c2cc(C)ccc2C)c1. The van der Waals surface area contributed by atoms with E-state index in [1.807, 2.05) is 84.9 Å². The monoisotopic (exact) mass is 480 g/mol. The molecular formula is C31H32N2O3. The van der Waals surface area contributed by atoms with Crippen molar-refractivity contribution >= 4 is 17.5 Å². The standard InChI is InChI=1S/C31H32N2O3/c1-18-8-10-20(3)23(16-18)27(34)25-26(28(35)24-17-19(2)9-11-21(24)4)30(33-31(5,6)7)36-29(25)22-12-14-32-15-13-22/h8-17,33H,1-7H3. The van der Waals surface area contributed by atoms with Crippen molar-refractivity contribution in [2.24, 2.45) is 0 Å². The summed E-state index contributed by atoms with van der Waals surface area (Å²) < 4.78 is 6.35. The molecule has 5 heteroatoms. The Labute approximate surface area is 212 Å². The number of carbonyl (C=O) groups excluding carboxylic acids is 2. The molecule has 0 radical (unpaired) electrons. The Balaban J connectivity index is 2.07. The summed E-state index contributed by atoms with van der Waals surface area (Å²) in [6.45, 7) is 13.7. The van der Waals surface area contributed by atoms with E-state index in [1.165, 1.54) is 0 Å². The molecule has 0 fully saturated rings. The topological polar surface area (TPSA) is 72.2 Å². The molecule has 0 bridgehead atoms. The molecule has 5 nitrogen and oxygen atoms in total. The average Bonchev–Trinajstić information content (AvgIpc) is 3.19. The summed E-state index contributed by atoms with van der Waals surface area (Å²) in [5, 5.41) is 3.34. The van der Waals surface area contributed by atoms with E-state index >= 15 is 0 Å². The highest BCUT2D eigenvalue weighted by molar-refractivity contribution is 6.24. The van der Waals surface area contributed by atoms with Crippen molar-refractivity contribution < 1.29 is 14.0 Å². The number of aromatic nitrogens is 1. The minimum Gasteiger partial charge on any atom is -0.439 e. The maximum absolute atomic E-state index is 14.2. The molecule has 4 rings (SSSR count). The molecule has 0 aliphatic carbocycles. The first-order valence-corrected chi connectivity index (χ1v) is 12.1. The van der Waals surface area contributed by atoms with Crippen LogP contribution in [0.2, 0.25) is 0 Å². The zero-order valence-electron chi connectivity index (χ0n) is 21.9. The Morgan fingerprint density at radius 3 is 1.75 bits per heavy atom.